The van der Waals surface area contributed by atoms with Crippen LogP contribution in [0.1, 0.15) is 68.6 Å². The molecule has 2 N–H and O–H groups in total. The Labute approximate surface area is 225 Å². The first-order valence-electron chi connectivity index (χ1n) is 13.3. The van der Waals surface area contributed by atoms with E-state index in [2.05, 4.69) is 48.9 Å². The molecule has 2 aromatic carbocycles. The van der Waals surface area contributed by atoms with Gasteiger partial charge in [-0.2, -0.15) is 0 Å². The average molecular weight is 519 g/mol. The van der Waals surface area contributed by atoms with Gasteiger partial charge >= 0.3 is 5.97 Å². The first kappa shape index (κ1) is 27.6. The zero-order chi connectivity index (χ0) is 27.4. The van der Waals surface area contributed by atoms with Gasteiger partial charge in [0.2, 0.25) is 5.88 Å². The van der Waals surface area contributed by atoms with E-state index in [-0.39, 0.29) is 6.10 Å². The Hall–Kier alpha value is -3.42. The summed E-state index contributed by atoms with van der Waals surface area (Å²) in [5, 5.41) is 19.9. The van der Waals surface area contributed by atoms with Gasteiger partial charge in [0.05, 0.1) is 19.1 Å². The summed E-state index contributed by atoms with van der Waals surface area (Å²) in [6.45, 7) is 9.84. The smallest absolute Gasteiger partial charge is 0.309 e. The summed E-state index contributed by atoms with van der Waals surface area (Å²) in [6.07, 6.45) is 2.21. The highest BCUT2D eigenvalue weighted by atomic mass is 16.5. The fourth-order valence-electron chi connectivity index (χ4n) is 5.02. The largest absolute Gasteiger partial charge is 0.485 e. The van der Waals surface area contributed by atoms with E-state index in [0.717, 1.165) is 48.2 Å². The Balaban J connectivity index is 1.67. The first-order valence-corrected chi connectivity index (χ1v) is 13.3. The van der Waals surface area contributed by atoms with Gasteiger partial charge in [-0.25, -0.2) is 4.98 Å². The van der Waals surface area contributed by atoms with Crippen LogP contribution in [0, 0.1) is 5.92 Å². The van der Waals surface area contributed by atoms with Gasteiger partial charge < -0.3 is 19.7 Å². The summed E-state index contributed by atoms with van der Waals surface area (Å²) in [5.41, 5.74) is 6.12. The molecule has 1 unspecified atom stereocenters. The second-order valence-electron chi connectivity index (χ2n) is 10.2. The van der Waals surface area contributed by atoms with Crippen molar-refractivity contribution in [3.8, 4) is 22.8 Å². The lowest BCUT2D eigenvalue weighted by Crippen LogP contribution is -2.30. The quantitative estimate of drug-likeness (QED) is 0.350. The molecule has 0 aliphatic carbocycles. The lowest BCUT2D eigenvalue weighted by Gasteiger charge is -2.30. The predicted octanol–water partition coefficient (Wildman–Crippen LogP) is 5.81. The number of carbonyl (C=O) groups is 1. The van der Waals surface area contributed by atoms with E-state index in [9.17, 15) is 15.0 Å². The molecular formula is C31H38N2O5. The van der Waals surface area contributed by atoms with Crippen LogP contribution in [0.2, 0.25) is 0 Å². The molecule has 0 saturated heterocycles. The van der Waals surface area contributed by atoms with E-state index in [0.29, 0.717) is 23.2 Å². The Bertz CT molecular complexity index is 1270. The maximum Gasteiger partial charge on any atom is 0.309 e. The number of carboxylic acid groups (broad SMARTS) is 1. The van der Waals surface area contributed by atoms with Crippen LogP contribution in [0.3, 0.4) is 0 Å². The number of rotatable bonds is 10. The van der Waals surface area contributed by atoms with E-state index in [1.807, 2.05) is 18.2 Å². The molecule has 1 aliphatic rings. The molecular weight excluding hydrogens is 480 g/mol. The number of aliphatic carboxylic acids is 1. The molecule has 0 amide bonds. The topological polar surface area (TPSA) is 92.1 Å². The minimum Gasteiger partial charge on any atom is -0.485 e. The van der Waals surface area contributed by atoms with Crippen molar-refractivity contribution in [2.75, 3.05) is 13.7 Å². The minimum atomic E-state index is -1.10. The lowest BCUT2D eigenvalue weighted by atomic mass is 9.91. The van der Waals surface area contributed by atoms with E-state index >= 15 is 0 Å². The van der Waals surface area contributed by atoms with Gasteiger partial charge in [0.15, 0.2) is 0 Å². The van der Waals surface area contributed by atoms with Crippen molar-refractivity contribution in [1.82, 2.24) is 9.88 Å². The SMILES string of the molecule is CCN(Cc1cc(C2CCc3ccc([C@H](O)[C@H](C)C(=O)O)cc3O2)ccc1-c1ccnc(OC)c1)C(C)C. The summed E-state index contributed by atoms with van der Waals surface area (Å²) in [6, 6.07) is 16.4. The molecule has 1 aromatic heterocycles. The number of nitrogens with zero attached hydrogens (tertiary/aromatic N) is 2. The molecule has 0 bridgehead atoms. The first-order chi connectivity index (χ1) is 18.2. The number of aryl methyl sites for hydroxylation is 1. The number of hydrogen-bond acceptors (Lipinski definition) is 6. The lowest BCUT2D eigenvalue weighted by molar-refractivity contribution is -0.145. The molecule has 7 heteroatoms. The third kappa shape index (κ3) is 6.00. The van der Waals surface area contributed by atoms with Crippen LogP contribution < -0.4 is 9.47 Å². The summed E-state index contributed by atoms with van der Waals surface area (Å²) in [7, 11) is 1.62. The molecule has 7 nitrogen and oxygen atoms in total. The number of ether oxygens (including phenoxy) is 2. The molecule has 0 fully saturated rings. The zero-order valence-corrected chi connectivity index (χ0v) is 22.8. The summed E-state index contributed by atoms with van der Waals surface area (Å²) >= 11 is 0. The van der Waals surface area contributed by atoms with Crippen LogP contribution in [-0.2, 0) is 17.8 Å². The van der Waals surface area contributed by atoms with Crippen molar-refractivity contribution in [2.24, 2.45) is 5.92 Å². The van der Waals surface area contributed by atoms with Gasteiger partial charge in [-0.05, 0) is 85.7 Å². The number of benzene rings is 2. The number of aromatic nitrogens is 1. The van der Waals surface area contributed by atoms with Crippen LogP contribution in [-0.4, -0.2) is 45.8 Å². The highest BCUT2D eigenvalue weighted by Gasteiger charge is 2.27. The van der Waals surface area contributed by atoms with Gasteiger partial charge in [0.1, 0.15) is 11.9 Å². The van der Waals surface area contributed by atoms with E-state index in [1.54, 1.807) is 25.4 Å². The number of hydrogen-bond donors (Lipinski definition) is 2. The fraction of sp³-hybridized carbons (Fsp3) is 0.419. The number of aliphatic hydroxyl groups is 1. The highest BCUT2D eigenvalue weighted by molar-refractivity contribution is 5.70. The molecule has 3 aromatic rings. The van der Waals surface area contributed by atoms with Crippen LogP contribution in [0.5, 0.6) is 11.6 Å². The molecule has 0 saturated carbocycles. The number of carboxylic acids is 1. The van der Waals surface area contributed by atoms with E-state index in [4.69, 9.17) is 9.47 Å². The Kier molecular flexibility index (Phi) is 8.69. The molecule has 202 valence electrons. The van der Waals surface area contributed by atoms with Crippen molar-refractivity contribution in [3.63, 3.8) is 0 Å². The zero-order valence-electron chi connectivity index (χ0n) is 22.8. The molecule has 0 spiro atoms. The summed E-state index contributed by atoms with van der Waals surface area (Å²) in [4.78, 5) is 18.1. The summed E-state index contributed by atoms with van der Waals surface area (Å²) in [5.74, 6) is -0.652. The van der Waals surface area contributed by atoms with Crippen LogP contribution in [0.4, 0.5) is 0 Å². The number of fused-ring (bicyclic) bond motifs is 1. The molecule has 2 heterocycles. The molecule has 4 rings (SSSR count). The Morgan fingerprint density at radius 1 is 1.16 bits per heavy atom. The summed E-state index contributed by atoms with van der Waals surface area (Å²) < 4.78 is 11.8. The number of aliphatic hydroxyl groups excluding tert-OH is 1. The molecule has 1 aliphatic heterocycles. The van der Waals surface area contributed by atoms with Crippen molar-refractivity contribution < 1.29 is 24.5 Å². The van der Waals surface area contributed by atoms with Crippen molar-refractivity contribution in [1.29, 1.82) is 0 Å². The number of pyridine rings is 1. The van der Waals surface area contributed by atoms with Crippen LogP contribution >= 0.6 is 0 Å². The highest BCUT2D eigenvalue weighted by Crippen LogP contribution is 2.39. The standard InChI is InChI=1S/C31H38N2O5/c1-6-33(19(2)3)18-25-15-23(9-11-26(25)22-13-14-32-29(17-22)37-5)27-12-10-21-7-8-24(16-28(21)38-27)30(34)20(4)31(35)36/h7-9,11,13-17,19-20,27,30,34H,6,10,12,18H2,1-5H3,(H,35,36)/t20-,27?,30+/m0/s1. The van der Waals surface area contributed by atoms with Gasteiger partial charge in [-0.1, -0.05) is 37.3 Å². The van der Waals surface area contributed by atoms with Gasteiger partial charge in [0, 0.05) is 24.8 Å². The van der Waals surface area contributed by atoms with Gasteiger partial charge in [-0.15, -0.1) is 0 Å². The van der Waals surface area contributed by atoms with E-state index in [1.165, 1.54) is 12.5 Å². The second kappa shape index (κ2) is 12.0. The minimum absolute atomic E-state index is 0.138. The maximum atomic E-state index is 11.4. The predicted molar refractivity (Wildman–Crippen MR) is 147 cm³/mol. The van der Waals surface area contributed by atoms with E-state index < -0.39 is 18.0 Å². The maximum absolute atomic E-state index is 11.4. The van der Waals surface area contributed by atoms with Gasteiger partial charge in [-0.3, -0.25) is 9.69 Å². The Morgan fingerprint density at radius 2 is 1.95 bits per heavy atom. The monoisotopic (exact) mass is 518 g/mol. The average Bonchev–Trinajstić information content (AvgIpc) is 2.94. The third-order valence-corrected chi connectivity index (χ3v) is 7.51. The molecule has 3 atom stereocenters. The molecule has 0 radical (unpaired) electrons. The fourth-order valence-corrected chi connectivity index (χ4v) is 5.02. The van der Waals surface area contributed by atoms with Crippen molar-refractivity contribution in [3.05, 3.63) is 77.0 Å². The normalized spacial score (nSPS) is 16.6. The van der Waals surface area contributed by atoms with Crippen molar-refractivity contribution >= 4 is 5.97 Å². The van der Waals surface area contributed by atoms with Crippen LogP contribution in [0.15, 0.2) is 54.7 Å². The number of methoxy groups -OCH3 is 1. The molecule has 38 heavy (non-hydrogen) atoms. The second-order valence-corrected chi connectivity index (χ2v) is 10.2. The Morgan fingerprint density at radius 3 is 2.63 bits per heavy atom. The van der Waals surface area contributed by atoms with Gasteiger partial charge in [0.25, 0.3) is 0 Å². The third-order valence-electron chi connectivity index (χ3n) is 7.51. The van der Waals surface area contributed by atoms with Crippen LogP contribution in [0.25, 0.3) is 11.1 Å². The van der Waals surface area contributed by atoms with Crippen molar-refractivity contribution in [2.45, 2.75) is 65.3 Å².